The second-order valence-corrected chi connectivity index (χ2v) is 5.33. The van der Waals surface area contributed by atoms with Crippen molar-refractivity contribution in [2.45, 2.75) is 25.4 Å². The summed E-state index contributed by atoms with van der Waals surface area (Å²) in [5, 5.41) is 9.82. The van der Waals surface area contributed by atoms with Crippen LogP contribution in [-0.4, -0.2) is 34.6 Å². The van der Waals surface area contributed by atoms with Crippen molar-refractivity contribution >= 4 is 17.5 Å². The Hall–Kier alpha value is -1.13. The molecule has 1 fully saturated rings. The molecule has 2 rings (SSSR count). The first-order valence-electron chi connectivity index (χ1n) is 5.86. The molecule has 1 N–H and O–H groups in total. The molecule has 3 nitrogen and oxygen atoms in total. The third-order valence-electron chi connectivity index (χ3n) is 3.29. The van der Waals surface area contributed by atoms with Crippen molar-refractivity contribution in [1.82, 2.24) is 4.90 Å². The number of rotatable bonds is 1. The molecule has 1 heterocycles. The highest BCUT2D eigenvalue weighted by molar-refractivity contribution is 6.30. The summed E-state index contributed by atoms with van der Waals surface area (Å²) in [5.74, 6) is -0.812. The van der Waals surface area contributed by atoms with E-state index >= 15 is 0 Å². The number of nitrogens with zero attached hydrogens (tertiary/aromatic N) is 1. The summed E-state index contributed by atoms with van der Waals surface area (Å²) < 4.78 is 13.3. The molecule has 0 bridgehead atoms. The van der Waals surface area contributed by atoms with Crippen LogP contribution in [0.3, 0.4) is 0 Å². The van der Waals surface area contributed by atoms with E-state index < -0.39 is 11.4 Å². The molecule has 98 valence electrons. The van der Waals surface area contributed by atoms with Crippen LogP contribution in [0.2, 0.25) is 5.02 Å². The topological polar surface area (TPSA) is 40.5 Å². The van der Waals surface area contributed by atoms with E-state index in [2.05, 4.69) is 0 Å². The molecule has 1 aliphatic rings. The summed E-state index contributed by atoms with van der Waals surface area (Å²) in [5.41, 5.74) is -0.416. The van der Waals surface area contributed by atoms with Crippen LogP contribution in [-0.2, 0) is 0 Å². The van der Waals surface area contributed by atoms with Gasteiger partial charge >= 0.3 is 0 Å². The highest BCUT2D eigenvalue weighted by Gasteiger charge is 2.30. The van der Waals surface area contributed by atoms with Crippen molar-refractivity contribution in [1.29, 1.82) is 0 Å². The highest BCUT2D eigenvalue weighted by atomic mass is 35.5. The van der Waals surface area contributed by atoms with Gasteiger partial charge in [0.05, 0.1) is 10.6 Å². The molecule has 1 saturated heterocycles. The van der Waals surface area contributed by atoms with Crippen LogP contribution in [0.25, 0.3) is 0 Å². The Labute approximate surface area is 110 Å². The first-order valence-corrected chi connectivity index (χ1v) is 6.23. The Morgan fingerprint density at radius 1 is 1.44 bits per heavy atom. The average Bonchev–Trinajstić information content (AvgIpc) is 2.32. The van der Waals surface area contributed by atoms with Crippen molar-refractivity contribution in [3.05, 3.63) is 34.6 Å². The predicted octanol–water partition coefficient (Wildman–Crippen LogP) is 2.47. The average molecular weight is 272 g/mol. The monoisotopic (exact) mass is 271 g/mol. The summed E-state index contributed by atoms with van der Waals surface area (Å²) >= 11 is 5.58. The number of benzene rings is 1. The Kier molecular flexibility index (Phi) is 3.59. The summed E-state index contributed by atoms with van der Waals surface area (Å²) in [7, 11) is 0. The van der Waals surface area contributed by atoms with E-state index in [1.807, 2.05) is 0 Å². The molecular formula is C13H15ClFNO2. The minimum Gasteiger partial charge on any atom is -0.390 e. The normalized spacial score (nSPS) is 18.8. The summed E-state index contributed by atoms with van der Waals surface area (Å²) in [6.45, 7) is 2.73. The van der Waals surface area contributed by atoms with Gasteiger partial charge in [-0.2, -0.15) is 0 Å². The SMILES string of the molecule is CC1(O)CCN(C(=O)c2ccc(Cl)c(F)c2)CC1. The van der Waals surface area contributed by atoms with Gasteiger partial charge in [0, 0.05) is 18.7 Å². The van der Waals surface area contributed by atoms with Gasteiger partial charge in [0.15, 0.2) is 0 Å². The largest absolute Gasteiger partial charge is 0.390 e. The molecule has 1 aromatic carbocycles. The standard InChI is InChI=1S/C13H15ClFNO2/c1-13(18)4-6-16(7-5-13)12(17)9-2-3-10(14)11(15)8-9/h2-3,8,18H,4-7H2,1H3. The maximum Gasteiger partial charge on any atom is 0.253 e. The summed E-state index contributed by atoms with van der Waals surface area (Å²) in [4.78, 5) is 13.7. The van der Waals surface area contributed by atoms with E-state index in [-0.39, 0.29) is 10.9 Å². The molecule has 0 radical (unpaired) electrons. The van der Waals surface area contributed by atoms with E-state index in [1.165, 1.54) is 12.1 Å². The minimum atomic E-state index is -0.706. The number of carbonyl (C=O) groups excluding carboxylic acids is 1. The van der Waals surface area contributed by atoms with Crippen molar-refractivity contribution in [2.75, 3.05) is 13.1 Å². The molecule has 0 aliphatic carbocycles. The number of hydrogen-bond donors (Lipinski definition) is 1. The van der Waals surface area contributed by atoms with Gasteiger partial charge in [0.2, 0.25) is 0 Å². The molecule has 1 amide bonds. The number of amides is 1. The number of halogens is 2. The molecule has 0 atom stereocenters. The predicted molar refractivity (Wildman–Crippen MR) is 67.2 cm³/mol. The molecule has 18 heavy (non-hydrogen) atoms. The lowest BCUT2D eigenvalue weighted by molar-refractivity contribution is -0.00203. The minimum absolute atomic E-state index is 0.00753. The van der Waals surface area contributed by atoms with Crippen molar-refractivity contribution in [2.24, 2.45) is 0 Å². The molecule has 0 unspecified atom stereocenters. The second-order valence-electron chi connectivity index (χ2n) is 4.92. The number of likely N-dealkylation sites (tertiary alicyclic amines) is 1. The molecule has 1 aromatic rings. The maximum atomic E-state index is 13.3. The van der Waals surface area contributed by atoms with E-state index in [4.69, 9.17) is 11.6 Å². The van der Waals surface area contributed by atoms with Crippen molar-refractivity contribution < 1.29 is 14.3 Å². The number of carbonyl (C=O) groups is 1. The van der Waals surface area contributed by atoms with E-state index in [9.17, 15) is 14.3 Å². The summed E-state index contributed by atoms with van der Waals surface area (Å²) in [6, 6.07) is 4.04. The van der Waals surface area contributed by atoms with Crippen LogP contribution in [0, 0.1) is 5.82 Å². The van der Waals surface area contributed by atoms with Gasteiger partial charge in [-0.3, -0.25) is 4.79 Å². The lowest BCUT2D eigenvalue weighted by Gasteiger charge is -2.35. The molecule has 1 aliphatic heterocycles. The van der Waals surface area contributed by atoms with Crippen LogP contribution in [0.4, 0.5) is 4.39 Å². The Morgan fingerprint density at radius 3 is 2.61 bits per heavy atom. The molecule has 0 spiro atoms. The van der Waals surface area contributed by atoms with E-state index in [1.54, 1.807) is 11.8 Å². The van der Waals surface area contributed by atoms with Gasteiger partial charge in [-0.15, -0.1) is 0 Å². The summed E-state index contributed by atoms with van der Waals surface area (Å²) in [6.07, 6.45) is 1.07. The fraction of sp³-hybridized carbons (Fsp3) is 0.462. The molecule has 0 saturated carbocycles. The lowest BCUT2D eigenvalue weighted by atomic mass is 9.93. The van der Waals surface area contributed by atoms with Crippen molar-refractivity contribution in [3.8, 4) is 0 Å². The zero-order valence-corrected chi connectivity index (χ0v) is 10.9. The van der Waals surface area contributed by atoms with Crippen molar-refractivity contribution in [3.63, 3.8) is 0 Å². The quantitative estimate of drug-likeness (QED) is 0.852. The molecule has 5 heteroatoms. The fourth-order valence-corrected chi connectivity index (χ4v) is 2.12. The Morgan fingerprint density at radius 2 is 2.06 bits per heavy atom. The zero-order chi connectivity index (χ0) is 13.3. The van der Waals surface area contributed by atoms with Crippen LogP contribution in [0.15, 0.2) is 18.2 Å². The van der Waals surface area contributed by atoms with E-state index in [0.717, 1.165) is 6.07 Å². The van der Waals surface area contributed by atoms with E-state index in [0.29, 0.717) is 31.5 Å². The van der Waals surface area contributed by atoms with Gasteiger partial charge < -0.3 is 10.0 Å². The third kappa shape index (κ3) is 2.82. The third-order valence-corrected chi connectivity index (χ3v) is 3.60. The van der Waals surface area contributed by atoms with Crippen LogP contribution in [0.1, 0.15) is 30.1 Å². The number of piperidine rings is 1. The maximum absolute atomic E-state index is 13.3. The van der Waals surface area contributed by atoms with Crippen LogP contribution >= 0.6 is 11.6 Å². The Balaban J connectivity index is 2.10. The number of hydrogen-bond acceptors (Lipinski definition) is 2. The smallest absolute Gasteiger partial charge is 0.253 e. The van der Waals surface area contributed by atoms with Gasteiger partial charge in [-0.1, -0.05) is 11.6 Å². The van der Waals surface area contributed by atoms with Crippen LogP contribution in [0.5, 0.6) is 0 Å². The van der Waals surface area contributed by atoms with Gasteiger partial charge in [0.25, 0.3) is 5.91 Å². The number of aliphatic hydroxyl groups is 1. The van der Waals surface area contributed by atoms with Gasteiger partial charge in [-0.05, 0) is 38.0 Å². The first kappa shape index (κ1) is 13.3. The van der Waals surface area contributed by atoms with Gasteiger partial charge in [-0.25, -0.2) is 4.39 Å². The zero-order valence-electron chi connectivity index (χ0n) is 10.1. The van der Waals surface area contributed by atoms with Crippen LogP contribution < -0.4 is 0 Å². The Bertz CT molecular complexity index is 466. The molecular weight excluding hydrogens is 257 g/mol. The van der Waals surface area contributed by atoms with Gasteiger partial charge in [0.1, 0.15) is 5.82 Å². The fourth-order valence-electron chi connectivity index (χ4n) is 2.00. The highest BCUT2D eigenvalue weighted by Crippen LogP contribution is 2.23. The second kappa shape index (κ2) is 4.86. The molecule has 0 aromatic heterocycles. The first-order chi connectivity index (χ1) is 8.39. The lowest BCUT2D eigenvalue weighted by Crippen LogP contribution is -2.45.